The van der Waals surface area contributed by atoms with Crippen molar-refractivity contribution in [2.75, 3.05) is 0 Å². The molecule has 8 nitrogen and oxygen atoms in total. The summed E-state index contributed by atoms with van der Waals surface area (Å²) in [5.41, 5.74) is 6.56. The van der Waals surface area contributed by atoms with Crippen LogP contribution in [0.15, 0.2) is 66.7 Å². The molecule has 41 heavy (non-hydrogen) atoms. The minimum Gasteiger partial charge on any atom is -0.457 e. The predicted molar refractivity (Wildman–Crippen MR) is 161 cm³/mol. The normalized spacial score (nSPS) is 12.6. The smallest absolute Gasteiger partial charge is 0.457 e. The van der Waals surface area contributed by atoms with Gasteiger partial charge in [0.15, 0.2) is 5.69 Å². The number of hydrogen-bond acceptors (Lipinski definition) is 6. The molecule has 0 radical (unpaired) electrons. The van der Waals surface area contributed by atoms with E-state index in [-0.39, 0.29) is 14.3 Å². The predicted octanol–water partition coefficient (Wildman–Crippen LogP) is 5.67. The molecule has 0 unspecified atom stereocenters. The summed E-state index contributed by atoms with van der Waals surface area (Å²) in [5, 5.41) is 19.3. The summed E-state index contributed by atoms with van der Waals surface area (Å²) < 4.78 is 16.6. The van der Waals surface area contributed by atoms with E-state index in [1.54, 1.807) is 37.3 Å². The Kier molecular flexibility index (Phi) is 9.11. The molecule has 0 atom stereocenters. The van der Waals surface area contributed by atoms with Crippen LogP contribution in [0.1, 0.15) is 29.8 Å². The molecule has 0 saturated heterocycles. The molecule has 0 spiro atoms. The van der Waals surface area contributed by atoms with Crippen molar-refractivity contribution in [3.8, 4) is 23.1 Å². The molecular weight excluding hydrogens is 516 g/mol. The largest absolute Gasteiger partial charge is 0.491 e. The minimum atomic E-state index is -0.850. The fourth-order valence-corrected chi connectivity index (χ4v) is 4.68. The summed E-state index contributed by atoms with van der Waals surface area (Å²) in [6.07, 6.45) is 1.68. The van der Waals surface area contributed by atoms with Crippen molar-refractivity contribution in [1.82, 2.24) is 4.98 Å². The average molecular weight is 545 g/mol. The van der Waals surface area contributed by atoms with Gasteiger partial charge in [0.1, 0.15) is 17.2 Å². The summed E-state index contributed by atoms with van der Waals surface area (Å²) in [6, 6.07) is 20.0. The van der Waals surface area contributed by atoms with Gasteiger partial charge in [-0.1, -0.05) is 25.6 Å². The van der Waals surface area contributed by atoms with Crippen molar-refractivity contribution < 1.29 is 24.2 Å². The Hall–Kier alpha value is -4.60. The van der Waals surface area contributed by atoms with Gasteiger partial charge in [-0.3, -0.25) is 0 Å². The zero-order chi connectivity index (χ0) is 28.2. The molecule has 204 valence electrons. The van der Waals surface area contributed by atoms with Crippen molar-refractivity contribution in [2.24, 2.45) is 0 Å². The highest BCUT2D eigenvalue weighted by atomic mass is 16.5. The molecule has 0 amide bonds. The Labute approximate surface area is 241 Å². The van der Waals surface area contributed by atoms with Gasteiger partial charge >= 0.3 is 14.0 Å². The zero-order valence-corrected chi connectivity index (χ0v) is 22.1. The number of rotatable bonds is 4. The molecule has 0 bridgehead atoms. The lowest BCUT2D eigenvalue weighted by molar-refractivity contribution is 0.275. The standard InChI is InChI=1S/C16H14BNO2.C14H11BN2O3.CH4/c1-11-9-13(4-6-16(11)18-2)20-14-3-5-15-12(10-14)7-8-17(15)19;1-9-13(16-2)5-6-14(17-9)20-11-3-4-12-10(7-11)8-19-15(12)18;/h3-6,9-10,19H,7-8H2,1H3;3-7,18H,8H2,1H3;1H4. The van der Waals surface area contributed by atoms with Crippen molar-refractivity contribution in [2.45, 2.75) is 40.6 Å². The Bertz CT molecular complexity index is 1540. The number of aromatic nitrogens is 1. The van der Waals surface area contributed by atoms with E-state index in [1.807, 2.05) is 43.3 Å². The van der Waals surface area contributed by atoms with Crippen LogP contribution in [0.4, 0.5) is 11.4 Å². The number of ether oxygens (including phenoxy) is 2. The van der Waals surface area contributed by atoms with E-state index < -0.39 is 7.12 Å². The van der Waals surface area contributed by atoms with Crippen LogP contribution in [0.2, 0.25) is 6.32 Å². The molecule has 0 fully saturated rings. The van der Waals surface area contributed by atoms with Gasteiger partial charge in [0, 0.05) is 5.69 Å². The highest BCUT2D eigenvalue weighted by Gasteiger charge is 2.27. The van der Waals surface area contributed by atoms with Crippen molar-refractivity contribution in [3.63, 3.8) is 0 Å². The molecule has 10 heteroatoms. The average Bonchev–Trinajstić information content (AvgIpc) is 3.50. The fourth-order valence-electron chi connectivity index (χ4n) is 4.68. The molecule has 3 aromatic carbocycles. The first kappa shape index (κ1) is 29.4. The number of aryl methyl sites for hydroxylation is 3. The molecule has 0 saturated carbocycles. The lowest BCUT2D eigenvalue weighted by Gasteiger charge is -2.09. The van der Waals surface area contributed by atoms with E-state index in [4.69, 9.17) is 27.3 Å². The van der Waals surface area contributed by atoms with Crippen LogP contribution in [0.25, 0.3) is 9.69 Å². The molecule has 4 aromatic rings. The SMILES string of the molecule is C.[C-]#[N+]c1ccc(Oc2ccc3c(c2)CCB3O)cc1C.[C-]#[N+]c1ccc(Oc2ccc3c(c2)COB3O)nc1C. The van der Waals surface area contributed by atoms with E-state index in [9.17, 15) is 10.0 Å². The molecule has 2 aliphatic heterocycles. The van der Waals surface area contributed by atoms with Crippen molar-refractivity contribution in [3.05, 3.63) is 112 Å². The Morgan fingerprint density at radius 3 is 2.15 bits per heavy atom. The molecule has 0 aliphatic carbocycles. The van der Waals surface area contributed by atoms with Gasteiger partial charge in [-0.25, -0.2) is 14.7 Å². The second-order valence-corrected chi connectivity index (χ2v) is 9.57. The number of benzene rings is 3. The maximum absolute atomic E-state index is 9.79. The Balaban J connectivity index is 0.000000184. The van der Waals surface area contributed by atoms with Gasteiger partial charge in [-0.15, -0.1) is 0 Å². The topological polar surface area (TPSA) is 89.8 Å². The highest BCUT2D eigenvalue weighted by molar-refractivity contribution is 6.68. The van der Waals surface area contributed by atoms with E-state index in [1.165, 1.54) is 0 Å². The van der Waals surface area contributed by atoms with Gasteiger partial charge < -0.3 is 24.2 Å². The van der Waals surface area contributed by atoms with Crippen LogP contribution in [0, 0.1) is 27.0 Å². The van der Waals surface area contributed by atoms with Crippen LogP contribution >= 0.6 is 0 Å². The van der Waals surface area contributed by atoms with E-state index in [0.717, 1.165) is 51.9 Å². The molecule has 2 aliphatic rings. The van der Waals surface area contributed by atoms with Crippen LogP contribution in [0.5, 0.6) is 23.1 Å². The molecule has 2 N–H and O–H groups in total. The summed E-state index contributed by atoms with van der Waals surface area (Å²) in [7, 11) is -0.850. The third-order valence-corrected chi connectivity index (χ3v) is 6.84. The van der Waals surface area contributed by atoms with E-state index in [0.29, 0.717) is 35.3 Å². The van der Waals surface area contributed by atoms with Crippen molar-refractivity contribution >= 4 is 36.3 Å². The van der Waals surface area contributed by atoms with Gasteiger partial charge in [0.2, 0.25) is 11.6 Å². The summed E-state index contributed by atoms with van der Waals surface area (Å²) in [4.78, 5) is 11.0. The monoisotopic (exact) mass is 545 g/mol. The number of pyridine rings is 1. The van der Waals surface area contributed by atoms with Crippen molar-refractivity contribution in [1.29, 1.82) is 0 Å². The molecular formula is C31H29B2N3O5. The maximum Gasteiger partial charge on any atom is 0.491 e. The van der Waals surface area contributed by atoms with Crippen LogP contribution in [0.3, 0.4) is 0 Å². The minimum absolute atomic E-state index is 0. The Morgan fingerprint density at radius 2 is 1.44 bits per heavy atom. The van der Waals surface area contributed by atoms with Crippen LogP contribution in [-0.2, 0) is 17.7 Å². The summed E-state index contributed by atoms with van der Waals surface area (Å²) >= 11 is 0. The number of fused-ring (bicyclic) bond motifs is 2. The van der Waals surface area contributed by atoms with Crippen LogP contribution in [-0.4, -0.2) is 29.1 Å². The summed E-state index contributed by atoms with van der Waals surface area (Å²) in [6.45, 7) is 17.7. The third kappa shape index (κ3) is 6.59. The second-order valence-electron chi connectivity index (χ2n) is 9.57. The third-order valence-electron chi connectivity index (χ3n) is 6.84. The maximum atomic E-state index is 9.79. The lowest BCUT2D eigenvalue weighted by Crippen LogP contribution is -2.27. The lowest BCUT2D eigenvalue weighted by atomic mass is 9.63. The molecule has 6 rings (SSSR count). The van der Waals surface area contributed by atoms with Gasteiger partial charge in [0.25, 0.3) is 0 Å². The quantitative estimate of drug-likeness (QED) is 0.254. The summed E-state index contributed by atoms with van der Waals surface area (Å²) in [5.74, 6) is 2.57. The Morgan fingerprint density at radius 1 is 0.805 bits per heavy atom. The number of nitrogens with zero attached hydrogens (tertiary/aromatic N) is 3. The van der Waals surface area contributed by atoms with E-state index in [2.05, 4.69) is 14.7 Å². The zero-order valence-electron chi connectivity index (χ0n) is 22.1. The first-order valence-electron chi connectivity index (χ1n) is 12.8. The first-order valence-corrected chi connectivity index (χ1v) is 12.8. The molecule has 1 aromatic heterocycles. The van der Waals surface area contributed by atoms with Crippen LogP contribution < -0.4 is 20.4 Å². The van der Waals surface area contributed by atoms with Gasteiger partial charge in [-0.05, 0) is 103 Å². The first-order chi connectivity index (χ1) is 19.3. The number of hydrogen-bond donors (Lipinski definition) is 2. The van der Waals surface area contributed by atoms with E-state index >= 15 is 0 Å². The van der Waals surface area contributed by atoms with Gasteiger partial charge in [-0.2, -0.15) is 0 Å². The molecule has 3 heterocycles. The van der Waals surface area contributed by atoms with Gasteiger partial charge in [0.05, 0.1) is 19.8 Å². The second kappa shape index (κ2) is 12.7. The highest BCUT2D eigenvalue weighted by Crippen LogP contribution is 2.29. The fraction of sp³-hybridized carbons (Fsp3) is 0.194.